The largest absolute Gasteiger partial charge is 0.383 e. The molecule has 112 valence electrons. The Morgan fingerprint density at radius 3 is 2.79 bits per heavy atom. The van der Waals surface area contributed by atoms with Crippen molar-refractivity contribution in [2.45, 2.75) is 19.9 Å². The Morgan fingerprint density at radius 2 is 2.21 bits per heavy atom. The summed E-state index contributed by atoms with van der Waals surface area (Å²) >= 11 is 1.64. The molecule has 0 radical (unpaired) electrons. The molecule has 8 heteroatoms. The van der Waals surface area contributed by atoms with E-state index >= 15 is 0 Å². The number of amides is 1. The minimum Gasteiger partial charge on any atom is -0.383 e. The number of carbonyl (C=O) groups excluding carboxylic acids is 1. The van der Waals surface area contributed by atoms with Crippen molar-refractivity contribution in [2.75, 3.05) is 26.8 Å². The van der Waals surface area contributed by atoms with E-state index in [1.807, 2.05) is 6.20 Å². The summed E-state index contributed by atoms with van der Waals surface area (Å²) in [6.07, 6.45) is 2.85. The molecule has 0 aromatic carbocycles. The predicted molar refractivity (Wildman–Crippen MR) is 82.6 cm³/mol. The van der Waals surface area contributed by atoms with Crippen molar-refractivity contribution >= 4 is 42.1 Å². The molecule has 0 fully saturated rings. The standard InChI is InChI=1S/C11H19N3O2S.2ClH/c1-3-9-6-14-11(17-9)8-13-10(15)7-12-4-5-16-2;;/h6,12H,3-5,7-8H2,1-2H3,(H,13,15);2*1H. The zero-order chi connectivity index (χ0) is 12.5. The molecule has 0 aliphatic heterocycles. The maximum Gasteiger partial charge on any atom is 0.234 e. The van der Waals surface area contributed by atoms with E-state index < -0.39 is 0 Å². The van der Waals surface area contributed by atoms with Gasteiger partial charge in [0.05, 0.1) is 19.7 Å². The van der Waals surface area contributed by atoms with Gasteiger partial charge in [0, 0.05) is 24.7 Å². The summed E-state index contributed by atoms with van der Waals surface area (Å²) in [6.45, 7) is 4.21. The van der Waals surface area contributed by atoms with Crippen molar-refractivity contribution in [3.05, 3.63) is 16.1 Å². The van der Waals surface area contributed by atoms with E-state index in [4.69, 9.17) is 4.74 Å². The highest BCUT2D eigenvalue weighted by atomic mass is 35.5. The maximum atomic E-state index is 11.4. The Morgan fingerprint density at radius 1 is 1.47 bits per heavy atom. The molecule has 1 aromatic heterocycles. The molecule has 0 saturated carbocycles. The molecule has 1 rings (SSSR count). The van der Waals surface area contributed by atoms with Gasteiger partial charge in [-0.25, -0.2) is 4.98 Å². The molecule has 2 N–H and O–H groups in total. The Hall–Kier alpha value is -0.400. The van der Waals surface area contributed by atoms with Crippen LogP contribution in [0.15, 0.2) is 6.20 Å². The predicted octanol–water partition coefficient (Wildman–Crippen LogP) is 1.40. The average molecular weight is 330 g/mol. The number of methoxy groups -OCH3 is 1. The molecule has 0 unspecified atom stereocenters. The third-order valence-corrected chi connectivity index (χ3v) is 3.30. The second-order valence-corrected chi connectivity index (χ2v) is 4.72. The van der Waals surface area contributed by atoms with Gasteiger partial charge in [-0.3, -0.25) is 4.79 Å². The van der Waals surface area contributed by atoms with Crippen LogP contribution in [0.3, 0.4) is 0 Å². The van der Waals surface area contributed by atoms with Crippen molar-refractivity contribution in [2.24, 2.45) is 0 Å². The van der Waals surface area contributed by atoms with Gasteiger partial charge in [0.1, 0.15) is 5.01 Å². The fourth-order valence-corrected chi connectivity index (χ4v) is 2.01. The van der Waals surface area contributed by atoms with Gasteiger partial charge in [0.2, 0.25) is 5.91 Å². The van der Waals surface area contributed by atoms with Crippen LogP contribution in [0, 0.1) is 0 Å². The SMILES string of the molecule is CCc1cnc(CNC(=O)CNCCOC)s1.Cl.Cl. The van der Waals surface area contributed by atoms with Crippen molar-refractivity contribution in [3.63, 3.8) is 0 Å². The molecule has 0 aliphatic rings. The molecule has 0 bridgehead atoms. The first-order valence-electron chi connectivity index (χ1n) is 5.66. The highest BCUT2D eigenvalue weighted by Crippen LogP contribution is 2.12. The number of thiazole rings is 1. The van der Waals surface area contributed by atoms with Gasteiger partial charge in [0.25, 0.3) is 0 Å². The maximum absolute atomic E-state index is 11.4. The molecular formula is C11H21Cl2N3O2S. The van der Waals surface area contributed by atoms with Crippen molar-refractivity contribution in [1.82, 2.24) is 15.6 Å². The monoisotopic (exact) mass is 329 g/mol. The number of ether oxygens (including phenoxy) is 1. The van der Waals surface area contributed by atoms with Crippen LogP contribution >= 0.6 is 36.2 Å². The van der Waals surface area contributed by atoms with E-state index in [0.717, 1.165) is 11.4 Å². The summed E-state index contributed by atoms with van der Waals surface area (Å²) in [5.41, 5.74) is 0. The third-order valence-electron chi connectivity index (χ3n) is 2.16. The molecular weight excluding hydrogens is 309 g/mol. The molecule has 0 spiro atoms. The fraction of sp³-hybridized carbons (Fsp3) is 0.636. The van der Waals surface area contributed by atoms with E-state index in [2.05, 4.69) is 22.5 Å². The van der Waals surface area contributed by atoms with Gasteiger partial charge in [-0.2, -0.15) is 0 Å². The van der Waals surface area contributed by atoms with Crippen LogP contribution in [0.5, 0.6) is 0 Å². The lowest BCUT2D eigenvalue weighted by molar-refractivity contribution is -0.120. The number of rotatable bonds is 8. The van der Waals surface area contributed by atoms with E-state index in [9.17, 15) is 4.79 Å². The number of aromatic nitrogens is 1. The molecule has 1 heterocycles. The first kappa shape index (κ1) is 20.9. The minimum atomic E-state index is -0.0191. The fourth-order valence-electron chi connectivity index (χ4n) is 1.21. The summed E-state index contributed by atoms with van der Waals surface area (Å²) in [5, 5.41) is 6.75. The number of carbonyl (C=O) groups is 1. The normalized spacial score (nSPS) is 9.37. The smallest absolute Gasteiger partial charge is 0.234 e. The number of hydrogen-bond acceptors (Lipinski definition) is 5. The van der Waals surface area contributed by atoms with E-state index in [0.29, 0.717) is 26.2 Å². The topological polar surface area (TPSA) is 63.2 Å². The van der Waals surface area contributed by atoms with Gasteiger partial charge < -0.3 is 15.4 Å². The Bertz CT molecular complexity index is 350. The Kier molecular flexibility index (Phi) is 13.9. The van der Waals surface area contributed by atoms with Gasteiger partial charge in [-0.1, -0.05) is 6.92 Å². The second kappa shape index (κ2) is 12.6. The van der Waals surface area contributed by atoms with Crippen LogP contribution < -0.4 is 10.6 Å². The van der Waals surface area contributed by atoms with E-state index in [1.165, 1.54) is 4.88 Å². The first-order valence-corrected chi connectivity index (χ1v) is 6.47. The summed E-state index contributed by atoms with van der Waals surface area (Å²) in [4.78, 5) is 16.9. The lowest BCUT2D eigenvalue weighted by Gasteiger charge is -2.04. The second-order valence-electron chi connectivity index (χ2n) is 3.52. The summed E-state index contributed by atoms with van der Waals surface area (Å²) in [7, 11) is 1.63. The summed E-state index contributed by atoms with van der Waals surface area (Å²) in [6, 6.07) is 0. The molecule has 0 aliphatic carbocycles. The highest BCUT2D eigenvalue weighted by Gasteiger charge is 2.03. The van der Waals surface area contributed by atoms with Crippen molar-refractivity contribution < 1.29 is 9.53 Å². The van der Waals surface area contributed by atoms with Gasteiger partial charge >= 0.3 is 0 Å². The van der Waals surface area contributed by atoms with Crippen LogP contribution in [0.25, 0.3) is 0 Å². The van der Waals surface area contributed by atoms with Crippen LogP contribution in [-0.4, -0.2) is 37.7 Å². The number of nitrogens with one attached hydrogen (secondary N) is 2. The van der Waals surface area contributed by atoms with Crippen LogP contribution in [0.4, 0.5) is 0 Å². The molecule has 1 amide bonds. The Balaban J connectivity index is 0. The molecule has 5 nitrogen and oxygen atoms in total. The molecule has 0 saturated heterocycles. The number of nitrogens with zero attached hydrogens (tertiary/aromatic N) is 1. The number of hydrogen-bond donors (Lipinski definition) is 2. The van der Waals surface area contributed by atoms with Crippen LogP contribution in [0.2, 0.25) is 0 Å². The quantitative estimate of drug-likeness (QED) is 0.708. The molecule has 1 aromatic rings. The summed E-state index contributed by atoms with van der Waals surface area (Å²) in [5.74, 6) is -0.0191. The first-order chi connectivity index (χ1) is 8.26. The lowest BCUT2D eigenvalue weighted by atomic mass is 10.4. The average Bonchev–Trinajstić information content (AvgIpc) is 2.80. The van der Waals surface area contributed by atoms with Gasteiger partial charge in [0.15, 0.2) is 0 Å². The van der Waals surface area contributed by atoms with Crippen LogP contribution in [-0.2, 0) is 22.5 Å². The third kappa shape index (κ3) is 9.18. The van der Waals surface area contributed by atoms with Gasteiger partial charge in [-0.05, 0) is 6.42 Å². The van der Waals surface area contributed by atoms with E-state index in [1.54, 1.807) is 18.4 Å². The molecule has 19 heavy (non-hydrogen) atoms. The Labute approximate surface area is 130 Å². The minimum absolute atomic E-state index is 0. The lowest BCUT2D eigenvalue weighted by Crippen LogP contribution is -2.34. The number of aryl methyl sites for hydroxylation is 1. The highest BCUT2D eigenvalue weighted by molar-refractivity contribution is 7.11. The number of halogens is 2. The zero-order valence-corrected chi connectivity index (χ0v) is 13.6. The van der Waals surface area contributed by atoms with Crippen molar-refractivity contribution in [1.29, 1.82) is 0 Å². The zero-order valence-electron chi connectivity index (χ0n) is 11.1. The van der Waals surface area contributed by atoms with Gasteiger partial charge in [-0.15, -0.1) is 36.2 Å². The van der Waals surface area contributed by atoms with E-state index in [-0.39, 0.29) is 30.7 Å². The summed E-state index contributed by atoms with van der Waals surface area (Å²) < 4.78 is 4.87. The van der Waals surface area contributed by atoms with Crippen LogP contribution in [0.1, 0.15) is 16.8 Å². The van der Waals surface area contributed by atoms with Crippen molar-refractivity contribution in [3.8, 4) is 0 Å². The molecule has 0 atom stereocenters.